The van der Waals surface area contributed by atoms with Gasteiger partial charge in [0.15, 0.2) is 0 Å². The van der Waals surface area contributed by atoms with E-state index in [1.807, 2.05) is 29.2 Å². The number of halogens is 1. The third-order valence-electron chi connectivity index (χ3n) is 5.08. The Morgan fingerprint density at radius 2 is 1.92 bits per heavy atom. The average molecular weight is 352 g/mol. The van der Waals surface area contributed by atoms with Gasteiger partial charge in [-0.2, -0.15) is 0 Å². The smallest absolute Gasteiger partial charge is 0.225 e. The van der Waals surface area contributed by atoms with Crippen LogP contribution >= 0.6 is 11.6 Å². The normalized spacial score (nSPS) is 20.5. The molecule has 2 heterocycles. The highest BCUT2D eigenvalue weighted by atomic mass is 35.5. The van der Waals surface area contributed by atoms with Crippen molar-refractivity contribution in [1.29, 1.82) is 0 Å². The van der Waals surface area contributed by atoms with Crippen LogP contribution in [0.5, 0.6) is 5.75 Å². The second-order valence-corrected chi connectivity index (χ2v) is 7.11. The molecule has 1 amide bonds. The second kappa shape index (κ2) is 8.19. The lowest BCUT2D eigenvalue weighted by Gasteiger charge is -2.39. The molecule has 2 fully saturated rings. The first-order valence-corrected chi connectivity index (χ1v) is 9.11. The van der Waals surface area contributed by atoms with Crippen molar-refractivity contribution in [2.45, 2.75) is 6.92 Å². The van der Waals surface area contributed by atoms with Gasteiger partial charge in [0.2, 0.25) is 5.91 Å². The maximum atomic E-state index is 12.5. The minimum absolute atomic E-state index is 0.144. The Morgan fingerprint density at radius 3 is 2.50 bits per heavy atom. The SMILES string of the molecule is CC(C(=O)N1CCN(CCOc2ccc(Cl)cc2)CC1)C1CNC1. The Labute approximate surface area is 148 Å². The van der Waals surface area contributed by atoms with Crippen molar-refractivity contribution < 1.29 is 9.53 Å². The number of ether oxygens (including phenoxy) is 1. The van der Waals surface area contributed by atoms with Gasteiger partial charge in [-0.25, -0.2) is 0 Å². The summed E-state index contributed by atoms with van der Waals surface area (Å²) in [7, 11) is 0. The first-order chi connectivity index (χ1) is 11.6. The fraction of sp³-hybridized carbons (Fsp3) is 0.611. The summed E-state index contributed by atoms with van der Waals surface area (Å²) < 4.78 is 5.74. The van der Waals surface area contributed by atoms with E-state index in [0.717, 1.165) is 56.6 Å². The molecule has 0 aliphatic carbocycles. The van der Waals surface area contributed by atoms with Gasteiger partial charge in [-0.15, -0.1) is 0 Å². The van der Waals surface area contributed by atoms with Gasteiger partial charge in [0, 0.05) is 43.7 Å². The van der Waals surface area contributed by atoms with E-state index in [1.54, 1.807) is 0 Å². The lowest BCUT2D eigenvalue weighted by molar-refractivity contribution is -0.139. The fourth-order valence-corrected chi connectivity index (χ4v) is 3.30. The number of nitrogens with zero attached hydrogens (tertiary/aromatic N) is 2. The lowest BCUT2D eigenvalue weighted by Crippen LogP contribution is -2.54. The van der Waals surface area contributed by atoms with Crippen LogP contribution in [0.4, 0.5) is 0 Å². The summed E-state index contributed by atoms with van der Waals surface area (Å²) in [6.45, 7) is 9.06. The van der Waals surface area contributed by atoms with Crippen molar-refractivity contribution in [1.82, 2.24) is 15.1 Å². The Hall–Kier alpha value is -1.30. The van der Waals surface area contributed by atoms with E-state index in [2.05, 4.69) is 17.1 Å². The van der Waals surface area contributed by atoms with E-state index >= 15 is 0 Å². The molecule has 24 heavy (non-hydrogen) atoms. The van der Waals surface area contributed by atoms with Crippen molar-refractivity contribution in [2.75, 3.05) is 52.4 Å². The first-order valence-electron chi connectivity index (χ1n) is 8.73. The average Bonchev–Trinajstić information content (AvgIpc) is 2.55. The van der Waals surface area contributed by atoms with Crippen molar-refractivity contribution in [3.8, 4) is 5.75 Å². The standard InChI is InChI=1S/C18H26ClN3O2/c1-14(15-12-20-13-15)18(23)22-8-6-21(7-9-22)10-11-24-17-4-2-16(19)3-5-17/h2-5,14-15,20H,6-13H2,1H3. The molecule has 3 rings (SSSR count). The van der Waals surface area contributed by atoms with E-state index < -0.39 is 0 Å². The molecule has 2 saturated heterocycles. The summed E-state index contributed by atoms with van der Waals surface area (Å²) in [5.74, 6) is 1.82. The number of hydrogen-bond donors (Lipinski definition) is 1. The summed E-state index contributed by atoms with van der Waals surface area (Å²) in [6, 6.07) is 7.44. The predicted molar refractivity (Wildman–Crippen MR) is 95.5 cm³/mol. The number of carbonyl (C=O) groups excluding carboxylic acids is 1. The van der Waals surface area contributed by atoms with Crippen LogP contribution in [-0.2, 0) is 4.79 Å². The largest absolute Gasteiger partial charge is 0.492 e. The summed E-state index contributed by atoms with van der Waals surface area (Å²) in [5.41, 5.74) is 0. The highest BCUT2D eigenvalue weighted by Crippen LogP contribution is 2.19. The van der Waals surface area contributed by atoms with Crippen LogP contribution in [-0.4, -0.2) is 68.1 Å². The monoisotopic (exact) mass is 351 g/mol. The molecular weight excluding hydrogens is 326 g/mol. The van der Waals surface area contributed by atoms with Crippen LogP contribution in [0.1, 0.15) is 6.92 Å². The fourth-order valence-electron chi connectivity index (χ4n) is 3.17. The summed E-state index contributed by atoms with van der Waals surface area (Å²) >= 11 is 5.86. The quantitative estimate of drug-likeness (QED) is 0.847. The van der Waals surface area contributed by atoms with E-state index in [-0.39, 0.29) is 5.92 Å². The number of benzene rings is 1. The van der Waals surface area contributed by atoms with E-state index in [4.69, 9.17) is 16.3 Å². The summed E-state index contributed by atoms with van der Waals surface area (Å²) in [5, 5.41) is 3.96. The lowest BCUT2D eigenvalue weighted by atomic mass is 9.88. The molecule has 1 aromatic carbocycles. The molecule has 1 unspecified atom stereocenters. The second-order valence-electron chi connectivity index (χ2n) is 6.68. The molecule has 0 spiro atoms. The molecule has 6 heteroatoms. The van der Waals surface area contributed by atoms with Gasteiger partial charge in [-0.1, -0.05) is 18.5 Å². The zero-order chi connectivity index (χ0) is 16.9. The number of piperazine rings is 1. The molecule has 5 nitrogen and oxygen atoms in total. The van der Waals surface area contributed by atoms with Crippen LogP contribution in [0, 0.1) is 11.8 Å². The number of amides is 1. The third kappa shape index (κ3) is 4.41. The van der Waals surface area contributed by atoms with Crippen molar-refractivity contribution in [3.63, 3.8) is 0 Å². The minimum atomic E-state index is 0.144. The molecule has 1 N–H and O–H groups in total. The first kappa shape index (κ1) is 17.5. The third-order valence-corrected chi connectivity index (χ3v) is 5.34. The number of rotatable bonds is 6. The van der Waals surface area contributed by atoms with Crippen molar-refractivity contribution in [2.24, 2.45) is 11.8 Å². The maximum absolute atomic E-state index is 12.5. The molecule has 0 radical (unpaired) electrons. The van der Waals surface area contributed by atoms with Gasteiger partial charge in [-0.05, 0) is 43.3 Å². The molecule has 2 aliphatic heterocycles. The van der Waals surface area contributed by atoms with E-state index in [1.165, 1.54) is 0 Å². The van der Waals surface area contributed by atoms with Crippen LogP contribution < -0.4 is 10.1 Å². The Morgan fingerprint density at radius 1 is 1.25 bits per heavy atom. The zero-order valence-electron chi connectivity index (χ0n) is 14.2. The molecule has 1 atom stereocenters. The highest BCUT2D eigenvalue weighted by molar-refractivity contribution is 6.30. The van der Waals surface area contributed by atoms with Crippen molar-refractivity contribution in [3.05, 3.63) is 29.3 Å². The van der Waals surface area contributed by atoms with Gasteiger partial charge in [0.1, 0.15) is 12.4 Å². The van der Waals surface area contributed by atoms with Crippen molar-refractivity contribution >= 4 is 17.5 Å². The number of nitrogens with one attached hydrogen (secondary N) is 1. The molecule has 2 aliphatic rings. The Kier molecular flexibility index (Phi) is 5.98. The molecule has 132 valence electrons. The van der Waals surface area contributed by atoms with E-state index in [0.29, 0.717) is 18.4 Å². The van der Waals surface area contributed by atoms with Gasteiger partial charge in [0.25, 0.3) is 0 Å². The van der Waals surface area contributed by atoms with Gasteiger partial charge < -0.3 is 15.0 Å². The van der Waals surface area contributed by atoms with Gasteiger partial charge in [0.05, 0.1) is 0 Å². The molecule has 0 aromatic heterocycles. The number of hydrogen-bond acceptors (Lipinski definition) is 4. The number of carbonyl (C=O) groups is 1. The molecule has 0 bridgehead atoms. The van der Waals surface area contributed by atoms with Gasteiger partial charge in [-0.3, -0.25) is 9.69 Å². The topological polar surface area (TPSA) is 44.8 Å². The van der Waals surface area contributed by atoms with E-state index in [9.17, 15) is 4.79 Å². The summed E-state index contributed by atoms with van der Waals surface area (Å²) in [6.07, 6.45) is 0. The highest BCUT2D eigenvalue weighted by Gasteiger charge is 2.32. The van der Waals surface area contributed by atoms with Crippen LogP contribution in [0.2, 0.25) is 5.02 Å². The zero-order valence-corrected chi connectivity index (χ0v) is 15.0. The Bertz CT molecular complexity index is 540. The van der Waals surface area contributed by atoms with Crippen LogP contribution in [0.15, 0.2) is 24.3 Å². The molecule has 0 saturated carbocycles. The summed E-state index contributed by atoms with van der Waals surface area (Å²) in [4.78, 5) is 16.9. The molecular formula is C18H26ClN3O2. The predicted octanol–water partition coefficient (Wildman–Crippen LogP) is 1.72. The maximum Gasteiger partial charge on any atom is 0.225 e. The minimum Gasteiger partial charge on any atom is -0.492 e. The van der Waals surface area contributed by atoms with Crippen LogP contribution in [0.25, 0.3) is 0 Å². The van der Waals surface area contributed by atoms with Gasteiger partial charge >= 0.3 is 0 Å². The molecule has 1 aromatic rings. The van der Waals surface area contributed by atoms with Crippen LogP contribution in [0.3, 0.4) is 0 Å². The Balaban J connectivity index is 1.35.